The summed E-state index contributed by atoms with van der Waals surface area (Å²) in [7, 11) is 1.55. The average Bonchev–Trinajstić information content (AvgIpc) is 2.74. The van der Waals surface area contributed by atoms with Crippen LogP contribution < -0.4 is 20.1 Å². The summed E-state index contributed by atoms with van der Waals surface area (Å²) >= 11 is 6.34. The van der Waals surface area contributed by atoms with E-state index in [1.165, 1.54) is 11.1 Å². The molecular weight excluding hydrogens is 400 g/mol. The Morgan fingerprint density at radius 1 is 0.967 bits per heavy atom. The Labute approximate surface area is 182 Å². The lowest BCUT2D eigenvalue weighted by Crippen LogP contribution is -2.20. The zero-order valence-electron chi connectivity index (χ0n) is 17.3. The number of carbonyl (C=O) groups excluding carboxylic acids is 1. The van der Waals surface area contributed by atoms with E-state index in [-0.39, 0.29) is 12.5 Å². The molecule has 0 aliphatic carbocycles. The van der Waals surface area contributed by atoms with Crippen molar-refractivity contribution < 1.29 is 14.3 Å². The van der Waals surface area contributed by atoms with Gasteiger partial charge < -0.3 is 20.1 Å². The third kappa shape index (κ3) is 5.67. The van der Waals surface area contributed by atoms with Crippen molar-refractivity contribution in [3.8, 4) is 11.5 Å². The number of ether oxygens (including phenoxy) is 2. The van der Waals surface area contributed by atoms with Gasteiger partial charge in [0.15, 0.2) is 6.61 Å². The fraction of sp³-hybridized carbons (Fsp3) is 0.208. The second-order valence-corrected chi connectivity index (χ2v) is 7.36. The van der Waals surface area contributed by atoms with Gasteiger partial charge in [-0.05, 0) is 66.9 Å². The van der Waals surface area contributed by atoms with Gasteiger partial charge in [-0.2, -0.15) is 0 Å². The summed E-state index contributed by atoms with van der Waals surface area (Å²) in [5.74, 6) is 0.752. The normalized spacial score (nSPS) is 10.4. The predicted octanol–water partition coefficient (Wildman–Crippen LogP) is 5.60. The molecule has 156 valence electrons. The first-order valence-electron chi connectivity index (χ1n) is 9.61. The van der Waals surface area contributed by atoms with Gasteiger partial charge in [0, 0.05) is 12.2 Å². The molecule has 0 saturated carbocycles. The second kappa shape index (κ2) is 10.0. The molecule has 5 nitrogen and oxygen atoms in total. The first-order valence-corrected chi connectivity index (χ1v) is 9.99. The van der Waals surface area contributed by atoms with E-state index in [9.17, 15) is 4.79 Å². The minimum Gasteiger partial charge on any atom is -0.495 e. The van der Waals surface area contributed by atoms with Gasteiger partial charge in [0.2, 0.25) is 0 Å². The number of anilines is 2. The lowest BCUT2D eigenvalue weighted by molar-refractivity contribution is -0.118. The summed E-state index contributed by atoms with van der Waals surface area (Å²) in [6.07, 6.45) is 0. The van der Waals surface area contributed by atoms with Gasteiger partial charge in [0.1, 0.15) is 11.5 Å². The molecule has 0 heterocycles. The molecule has 3 aromatic carbocycles. The molecule has 0 spiro atoms. The van der Waals surface area contributed by atoms with E-state index in [1.807, 2.05) is 24.3 Å². The van der Waals surface area contributed by atoms with Gasteiger partial charge in [0.05, 0.1) is 17.8 Å². The molecule has 0 atom stereocenters. The highest BCUT2D eigenvalue weighted by molar-refractivity contribution is 6.32. The van der Waals surface area contributed by atoms with Crippen LogP contribution in [0.1, 0.15) is 16.7 Å². The quantitative estimate of drug-likeness (QED) is 0.494. The molecule has 0 radical (unpaired) electrons. The highest BCUT2D eigenvalue weighted by atomic mass is 35.5. The van der Waals surface area contributed by atoms with Crippen LogP contribution in [0.4, 0.5) is 11.4 Å². The Morgan fingerprint density at radius 2 is 1.77 bits per heavy atom. The third-order valence-electron chi connectivity index (χ3n) is 4.74. The van der Waals surface area contributed by atoms with E-state index in [2.05, 4.69) is 42.7 Å². The molecule has 0 aliphatic rings. The number of methoxy groups -OCH3 is 1. The monoisotopic (exact) mass is 424 g/mol. The Kier molecular flexibility index (Phi) is 7.20. The van der Waals surface area contributed by atoms with E-state index in [0.29, 0.717) is 28.8 Å². The van der Waals surface area contributed by atoms with Crippen LogP contribution in [0.3, 0.4) is 0 Å². The van der Waals surface area contributed by atoms with E-state index in [1.54, 1.807) is 25.3 Å². The number of halogens is 1. The summed E-state index contributed by atoms with van der Waals surface area (Å²) in [6, 6.07) is 19.0. The zero-order chi connectivity index (χ0) is 21.5. The topological polar surface area (TPSA) is 59.6 Å². The summed E-state index contributed by atoms with van der Waals surface area (Å²) in [4.78, 5) is 12.2. The lowest BCUT2D eigenvalue weighted by Gasteiger charge is -2.12. The van der Waals surface area contributed by atoms with Crippen LogP contribution in [0.25, 0.3) is 0 Å². The van der Waals surface area contributed by atoms with Crippen LogP contribution >= 0.6 is 11.6 Å². The maximum atomic E-state index is 12.2. The fourth-order valence-corrected chi connectivity index (χ4v) is 3.16. The molecule has 0 bridgehead atoms. The number of rotatable bonds is 8. The summed E-state index contributed by atoms with van der Waals surface area (Å²) < 4.78 is 10.8. The van der Waals surface area contributed by atoms with Gasteiger partial charge in [-0.25, -0.2) is 0 Å². The Hall–Kier alpha value is -3.18. The molecular formula is C24H25ClN2O3. The van der Waals surface area contributed by atoms with Gasteiger partial charge in [-0.1, -0.05) is 35.9 Å². The summed E-state index contributed by atoms with van der Waals surface area (Å²) in [6.45, 7) is 4.66. The van der Waals surface area contributed by atoms with Crippen molar-refractivity contribution in [2.75, 3.05) is 24.4 Å². The SMILES string of the molecule is COc1ccccc1NC(=O)COc1ccc(CNc2ccc(C)c(C)c2)cc1Cl. The number of nitrogens with one attached hydrogen (secondary N) is 2. The lowest BCUT2D eigenvalue weighted by atomic mass is 10.1. The number of para-hydroxylation sites is 2. The maximum Gasteiger partial charge on any atom is 0.262 e. The van der Waals surface area contributed by atoms with Crippen molar-refractivity contribution in [3.63, 3.8) is 0 Å². The van der Waals surface area contributed by atoms with E-state index in [4.69, 9.17) is 21.1 Å². The van der Waals surface area contributed by atoms with E-state index < -0.39 is 0 Å². The van der Waals surface area contributed by atoms with Crippen molar-refractivity contribution in [1.82, 2.24) is 0 Å². The third-order valence-corrected chi connectivity index (χ3v) is 5.04. The molecule has 0 aromatic heterocycles. The molecule has 0 aliphatic heterocycles. The largest absolute Gasteiger partial charge is 0.495 e. The molecule has 0 saturated heterocycles. The van der Waals surface area contributed by atoms with Crippen molar-refractivity contribution in [1.29, 1.82) is 0 Å². The minimum atomic E-state index is -0.295. The molecule has 30 heavy (non-hydrogen) atoms. The van der Waals surface area contributed by atoms with E-state index >= 15 is 0 Å². The first-order chi connectivity index (χ1) is 14.5. The highest BCUT2D eigenvalue weighted by Gasteiger charge is 2.10. The molecule has 0 fully saturated rings. The van der Waals surface area contributed by atoms with Crippen LogP contribution in [-0.2, 0) is 11.3 Å². The first kappa shape index (κ1) is 21.5. The minimum absolute atomic E-state index is 0.155. The summed E-state index contributed by atoms with van der Waals surface area (Å²) in [5.41, 5.74) is 5.17. The van der Waals surface area contributed by atoms with E-state index in [0.717, 1.165) is 11.3 Å². The number of hydrogen-bond acceptors (Lipinski definition) is 4. The molecule has 3 rings (SSSR count). The highest BCUT2D eigenvalue weighted by Crippen LogP contribution is 2.27. The molecule has 6 heteroatoms. The number of benzene rings is 3. The number of hydrogen-bond donors (Lipinski definition) is 2. The van der Waals surface area contributed by atoms with Gasteiger partial charge in [-0.15, -0.1) is 0 Å². The zero-order valence-corrected chi connectivity index (χ0v) is 18.0. The Bertz CT molecular complexity index is 1040. The maximum absolute atomic E-state index is 12.2. The average molecular weight is 425 g/mol. The molecule has 2 N–H and O–H groups in total. The van der Waals surface area contributed by atoms with Gasteiger partial charge >= 0.3 is 0 Å². The van der Waals surface area contributed by atoms with Crippen LogP contribution in [0.15, 0.2) is 60.7 Å². The number of amides is 1. The van der Waals surface area contributed by atoms with Gasteiger partial charge in [-0.3, -0.25) is 4.79 Å². The standard InChI is InChI=1S/C24H25ClN2O3/c1-16-8-10-19(12-17(16)2)26-14-18-9-11-22(20(25)13-18)30-15-24(28)27-21-6-4-5-7-23(21)29-3/h4-13,26H,14-15H2,1-3H3,(H,27,28). The number of aryl methyl sites for hydroxylation is 2. The molecule has 3 aromatic rings. The fourth-order valence-electron chi connectivity index (χ4n) is 2.90. The molecule has 0 unspecified atom stereocenters. The number of carbonyl (C=O) groups is 1. The van der Waals surface area contributed by atoms with Crippen molar-refractivity contribution in [2.45, 2.75) is 20.4 Å². The van der Waals surface area contributed by atoms with Crippen molar-refractivity contribution >= 4 is 28.9 Å². The molecule has 1 amide bonds. The van der Waals surface area contributed by atoms with Crippen LogP contribution in [0.5, 0.6) is 11.5 Å². The Balaban J connectivity index is 1.54. The second-order valence-electron chi connectivity index (χ2n) is 6.95. The van der Waals surface area contributed by atoms with Gasteiger partial charge in [0.25, 0.3) is 5.91 Å². The smallest absolute Gasteiger partial charge is 0.262 e. The van der Waals surface area contributed by atoms with Crippen molar-refractivity contribution in [2.24, 2.45) is 0 Å². The summed E-state index contributed by atoms with van der Waals surface area (Å²) in [5, 5.41) is 6.61. The predicted molar refractivity (Wildman–Crippen MR) is 122 cm³/mol. The Morgan fingerprint density at radius 3 is 2.50 bits per heavy atom. The van der Waals surface area contributed by atoms with Crippen LogP contribution in [-0.4, -0.2) is 19.6 Å². The van der Waals surface area contributed by atoms with Crippen LogP contribution in [0, 0.1) is 13.8 Å². The van der Waals surface area contributed by atoms with Crippen molar-refractivity contribution in [3.05, 3.63) is 82.4 Å². The van der Waals surface area contributed by atoms with Crippen LogP contribution in [0.2, 0.25) is 5.02 Å².